The summed E-state index contributed by atoms with van der Waals surface area (Å²) < 4.78 is 6.17. The van der Waals surface area contributed by atoms with Gasteiger partial charge in [0.1, 0.15) is 6.10 Å². The number of carbonyl (C=O) groups excluding carboxylic acids is 1. The molecule has 5 aliphatic rings. The van der Waals surface area contributed by atoms with Crippen LogP contribution in [0.1, 0.15) is 79.6 Å². The number of hydrogen-bond donors (Lipinski definition) is 7. The van der Waals surface area contributed by atoms with Crippen molar-refractivity contribution in [1.82, 2.24) is 5.32 Å². The number of aliphatic hydroxyl groups is 6. The number of fused-ring (bicyclic) bond motifs is 5. The lowest BCUT2D eigenvalue weighted by Gasteiger charge is -2.60. The second-order valence-electron chi connectivity index (χ2n) is 15.0. The van der Waals surface area contributed by atoms with Gasteiger partial charge in [-0.05, 0) is 93.6 Å². The zero-order chi connectivity index (χ0) is 30.1. The molecule has 7 N–H and O–H groups in total. The Bertz CT molecular complexity index is 1030. The lowest BCUT2D eigenvalue weighted by atomic mass is 9.46. The number of ether oxygens (including phenoxy) is 1. The summed E-state index contributed by atoms with van der Waals surface area (Å²) in [6, 6.07) is 0. The van der Waals surface area contributed by atoms with Gasteiger partial charge in [0.25, 0.3) is 0 Å². The van der Waals surface area contributed by atoms with Crippen molar-refractivity contribution in [2.45, 2.75) is 121 Å². The van der Waals surface area contributed by atoms with Crippen LogP contribution in [0.2, 0.25) is 0 Å². The van der Waals surface area contributed by atoms with Crippen molar-refractivity contribution in [3.63, 3.8) is 0 Å². The maximum atomic E-state index is 13.4. The number of carbonyl (C=O) groups is 1. The minimum atomic E-state index is -1.61. The van der Waals surface area contributed by atoms with Crippen LogP contribution in [-0.2, 0) is 9.53 Å². The molecule has 0 unspecified atom stereocenters. The predicted octanol–water partition coefficient (Wildman–Crippen LogP) is 1.31. The van der Waals surface area contributed by atoms with Gasteiger partial charge in [0.2, 0.25) is 0 Å². The first kappa shape index (κ1) is 31.5. The van der Waals surface area contributed by atoms with E-state index in [1.807, 2.05) is 13.8 Å². The van der Waals surface area contributed by atoms with Gasteiger partial charge in [0.05, 0.1) is 42.2 Å². The Kier molecular flexibility index (Phi) is 8.39. The van der Waals surface area contributed by atoms with Gasteiger partial charge in [0.15, 0.2) is 5.78 Å². The Labute approximate surface area is 244 Å². The molecular weight excluding hydrogens is 526 g/mol. The lowest BCUT2D eigenvalue weighted by molar-refractivity contribution is -0.198. The lowest BCUT2D eigenvalue weighted by Crippen LogP contribution is -2.63. The van der Waals surface area contributed by atoms with Gasteiger partial charge in [-0.3, -0.25) is 4.79 Å². The van der Waals surface area contributed by atoms with E-state index in [0.29, 0.717) is 45.2 Å². The molecular formula is C32H53NO8. The van der Waals surface area contributed by atoms with Crippen LogP contribution in [0.5, 0.6) is 0 Å². The highest BCUT2D eigenvalue weighted by Crippen LogP contribution is 2.68. The van der Waals surface area contributed by atoms with Gasteiger partial charge in [-0.15, -0.1) is 0 Å². The fourth-order valence-corrected chi connectivity index (χ4v) is 10.1. The number of hydrogen-bond acceptors (Lipinski definition) is 9. The van der Waals surface area contributed by atoms with Gasteiger partial charge < -0.3 is 40.7 Å². The standard InChI is InChI=1S/C32H53NO8/c1-17(35)14-33-15-20-18(2)25(16-34)41-27(20)28(38)31(5,39)26-8-11-32(40)22-13-24(37)23-12-19(36)6-9-29(23,3)21(22)7-10-30(26,32)4/h13,17-21,23,25-28,33-36,38-40H,6-12,14-16H2,1-5H3/t17-,18+,19-,20+,21-,23-,25-,26-,27-,28+,29+,30+,31-,32+/m0/s1. The zero-order valence-corrected chi connectivity index (χ0v) is 25.4. The topological polar surface area (TPSA) is 160 Å². The third kappa shape index (κ3) is 4.78. The third-order valence-corrected chi connectivity index (χ3v) is 12.7. The summed E-state index contributed by atoms with van der Waals surface area (Å²) in [6.45, 7) is 10.1. The van der Waals surface area contributed by atoms with Crippen LogP contribution in [0.3, 0.4) is 0 Å². The maximum absolute atomic E-state index is 13.4. The Balaban J connectivity index is 1.42. The summed E-state index contributed by atoms with van der Waals surface area (Å²) in [5, 5.41) is 69.7. The molecule has 1 aliphatic heterocycles. The smallest absolute Gasteiger partial charge is 0.159 e. The molecule has 0 aromatic rings. The second-order valence-corrected chi connectivity index (χ2v) is 15.0. The number of allylic oxidation sites excluding steroid dienone is 1. The van der Waals surface area contributed by atoms with Crippen molar-refractivity contribution in [3.05, 3.63) is 11.6 Å². The minimum Gasteiger partial charge on any atom is -0.394 e. The van der Waals surface area contributed by atoms with Gasteiger partial charge in [-0.1, -0.05) is 20.8 Å². The van der Waals surface area contributed by atoms with Crippen molar-refractivity contribution in [3.8, 4) is 0 Å². The first-order chi connectivity index (χ1) is 19.1. The number of aliphatic hydroxyl groups excluding tert-OH is 4. The summed E-state index contributed by atoms with van der Waals surface area (Å²) in [6.07, 6.45) is 2.37. The fourth-order valence-electron chi connectivity index (χ4n) is 10.1. The molecule has 14 atom stereocenters. The van der Waals surface area contributed by atoms with Crippen molar-refractivity contribution >= 4 is 5.78 Å². The predicted molar refractivity (Wildman–Crippen MR) is 153 cm³/mol. The summed E-state index contributed by atoms with van der Waals surface area (Å²) >= 11 is 0. The van der Waals surface area contributed by atoms with E-state index in [1.54, 1.807) is 19.9 Å². The van der Waals surface area contributed by atoms with Gasteiger partial charge >= 0.3 is 0 Å². The third-order valence-electron chi connectivity index (χ3n) is 12.7. The molecule has 5 rings (SSSR count). The quantitative estimate of drug-likeness (QED) is 0.225. The van der Waals surface area contributed by atoms with Crippen LogP contribution in [0.15, 0.2) is 11.6 Å². The van der Waals surface area contributed by atoms with Crippen molar-refractivity contribution in [2.75, 3.05) is 19.7 Å². The molecule has 0 amide bonds. The molecule has 3 saturated carbocycles. The van der Waals surface area contributed by atoms with E-state index in [0.717, 1.165) is 18.4 Å². The first-order valence-electron chi connectivity index (χ1n) is 15.8. The SMILES string of the molecule is C[C@@H]1[C@@H](CNC[C@H](C)O)[C@@H]([C@@H](O)[C@@](C)(O)[C@H]2CC[C@@]3(O)C4=CC(=O)[C@@H]5C[C@@H](O)CC[C@]5(C)[C@H]4CC[C@]23C)O[C@H]1CO. The van der Waals surface area contributed by atoms with E-state index < -0.39 is 53.1 Å². The average Bonchev–Trinajstić information content (AvgIpc) is 3.38. The summed E-state index contributed by atoms with van der Waals surface area (Å²) in [7, 11) is 0. The van der Waals surface area contributed by atoms with Crippen LogP contribution >= 0.6 is 0 Å². The average molecular weight is 580 g/mol. The van der Waals surface area contributed by atoms with E-state index in [-0.39, 0.29) is 41.5 Å². The van der Waals surface area contributed by atoms with Gasteiger partial charge in [-0.25, -0.2) is 0 Å². The van der Waals surface area contributed by atoms with E-state index in [9.17, 15) is 35.4 Å². The molecule has 234 valence electrons. The molecule has 1 heterocycles. The van der Waals surface area contributed by atoms with Gasteiger partial charge in [-0.2, -0.15) is 0 Å². The first-order valence-corrected chi connectivity index (χ1v) is 15.8. The van der Waals surface area contributed by atoms with Crippen LogP contribution in [-0.4, -0.2) is 97.8 Å². The molecule has 0 aromatic carbocycles. The highest BCUT2D eigenvalue weighted by molar-refractivity contribution is 5.95. The highest BCUT2D eigenvalue weighted by Gasteiger charge is 2.69. The largest absolute Gasteiger partial charge is 0.394 e. The Morgan fingerprint density at radius 2 is 1.85 bits per heavy atom. The second kappa shape index (κ2) is 10.9. The van der Waals surface area contributed by atoms with Crippen LogP contribution in [0, 0.1) is 40.4 Å². The fraction of sp³-hybridized carbons (Fsp3) is 0.906. The number of nitrogens with one attached hydrogen (secondary N) is 1. The number of ketones is 1. The zero-order valence-electron chi connectivity index (χ0n) is 25.4. The molecule has 41 heavy (non-hydrogen) atoms. The number of rotatable bonds is 8. The van der Waals surface area contributed by atoms with E-state index in [4.69, 9.17) is 4.74 Å². The summed E-state index contributed by atoms with van der Waals surface area (Å²) in [4.78, 5) is 13.4. The summed E-state index contributed by atoms with van der Waals surface area (Å²) in [5.41, 5.74) is -3.18. The van der Waals surface area contributed by atoms with Crippen LogP contribution in [0.4, 0.5) is 0 Å². The molecule has 9 nitrogen and oxygen atoms in total. The Morgan fingerprint density at radius 1 is 1.15 bits per heavy atom. The maximum Gasteiger partial charge on any atom is 0.159 e. The van der Waals surface area contributed by atoms with Crippen LogP contribution < -0.4 is 5.32 Å². The van der Waals surface area contributed by atoms with Crippen molar-refractivity contribution in [2.24, 2.45) is 40.4 Å². The molecule has 0 aromatic heterocycles. The minimum absolute atomic E-state index is 0.0126. The van der Waals surface area contributed by atoms with E-state index in [1.165, 1.54) is 0 Å². The Morgan fingerprint density at radius 3 is 2.51 bits per heavy atom. The normalized spacial score (nSPS) is 49.0. The highest BCUT2D eigenvalue weighted by atomic mass is 16.5. The van der Waals surface area contributed by atoms with E-state index in [2.05, 4.69) is 12.2 Å². The molecule has 0 spiro atoms. The molecule has 4 aliphatic carbocycles. The van der Waals surface area contributed by atoms with Crippen LogP contribution in [0.25, 0.3) is 0 Å². The molecule has 9 heteroatoms. The Hall–Kier alpha value is -0.910. The molecule has 1 saturated heterocycles. The molecule has 0 bridgehead atoms. The van der Waals surface area contributed by atoms with Crippen molar-refractivity contribution in [1.29, 1.82) is 0 Å². The monoisotopic (exact) mass is 579 g/mol. The van der Waals surface area contributed by atoms with Gasteiger partial charge in [0, 0.05) is 30.3 Å². The van der Waals surface area contributed by atoms with Crippen molar-refractivity contribution < 1.29 is 40.2 Å². The van der Waals surface area contributed by atoms with E-state index >= 15 is 0 Å². The summed E-state index contributed by atoms with van der Waals surface area (Å²) in [5.74, 6) is -0.948. The molecule has 0 radical (unpaired) electrons. The molecule has 4 fully saturated rings.